The summed E-state index contributed by atoms with van der Waals surface area (Å²) < 4.78 is 2.47. The zero-order valence-corrected chi connectivity index (χ0v) is 8.71. The Morgan fingerprint density at radius 1 is 1.15 bits per heavy atom. The van der Waals surface area contributed by atoms with Gasteiger partial charge in [0.1, 0.15) is 0 Å². The summed E-state index contributed by atoms with van der Waals surface area (Å²) in [6.07, 6.45) is 5.78. The normalized spacial score (nSPS) is 18.3. The number of aryl methyl sites for hydroxylation is 2. The average molecular weight is 177 g/mol. The lowest BCUT2D eigenvalue weighted by atomic mass is 10.1. The van der Waals surface area contributed by atoms with Crippen LogP contribution in [0.5, 0.6) is 0 Å². The van der Waals surface area contributed by atoms with Gasteiger partial charge in [0.2, 0.25) is 0 Å². The monoisotopic (exact) mass is 177 g/mol. The number of nitrogens with zero attached hydrogens (tertiary/aromatic N) is 1. The Balaban J connectivity index is 2.07. The smallest absolute Gasteiger partial charge is 0.0252 e. The summed E-state index contributed by atoms with van der Waals surface area (Å²) in [5, 5.41) is 0. The molecule has 0 aromatic carbocycles. The summed E-state index contributed by atoms with van der Waals surface area (Å²) >= 11 is 0. The second-order valence-electron chi connectivity index (χ2n) is 4.38. The first-order chi connectivity index (χ1) is 6.27. The highest BCUT2D eigenvalue weighted by molar-refractivity contribution is 5.13. The fourth-order valence-electron chi connectivity index (χ4n) is 2.44. The largest absolute Gasteiger partial charge is 0.349 e. The maximum atomic E-state index is 2.47. The van der Waals surface area contributed by atoms with Crippen LogP contribution in [0.25, 0.3) is 0 Å². The minimum Gasteiger partial charge on any atom is -0.349 e. The first kappa shape index (κ1) is 8.86. The lowest BCUT2D eigenvalue weighted by molar-refractivity contribution is 0.448. The summed E-state index contributed by atoms with van der Waals surface area (Å²) in [6.45, 7) is 5.68. The van der Waals surface area contributed by atoms with Crippen molar-refractivity contribution in [1.82, 2.24) is 4.57 Å². The zero-order valence-electron chi connectivity index (χ0n) is 8.71. The third kappa shape index (κ3) is 1.79. The van der Waals surface area contributed by atoms with Crippen molar-refractivity contribution in [3.05, 3.63) is 23.5 Å². The van der Waals surface area contributed by atoms with Crippen molar-refractivity contribution in [3.63, 3.8) is 0 Å². The van der Waals surface area contributed by atoms with Crippen molar-refractivity contribution in [2.45, 2.75) is 46.1 Å². The van der Waals surface area contributed by atoms with Crippen molar-refractivity contribution in [2.75, 3.05) is 0 Å². The van der Waals surface area contributed by atoms with E-state index in [0.29, 0.717) is 0 Å². The minimum absolute atomic E-state index is 0.949. The number of aromatic nitrogens is 1. The lowest BCUT2D eigenvalue weighted by Gasteiger charge is -2.14. The van der Waals surface area contributed by atoms with Gasteiger partial charge in [0, 0.05) is 17.9 Å². The van der Waals surface area contributed by atoms with Gasteiger partial charge in [0.05, 0.1) is 0 Å². The van der Waals surface area contributed by atoms with Crippen LogP contribution in [0.2, 0.25) is 0 Å². The molecular weight excluding hydrogens is 158 g/mol. The molecule has 0 unspecified atom stereocenters. The standard InChI is InChI=1S/C12H19N/c1-10-7-8-11(2)13(10)9-12-5-3-4-6-12/h7-8,12H,3-6,9H2,1-2H3. The molecule has 0 N–H and O–H groups in total. The van der Waals surface area contributed by atoms with E-state index in [1.165, 1.54) is 43.6 Å². The second kappa shape index (κ2) is 3.57. The topological polar surface area (TPSA) is 4.93 Å². The van der Waals surface area contributed by atoms with E-state index < -0.39 is 0 Å². The Labute approximate surface area is 80.8 Å². The molecule has 1 heteroatoms. The van der Waals surface area contributed by atoms with Crippen LogP contribution >= 0.6 is 0 Å². The first-order valence-corrected chi connectivity index (χ1v) is 5.40. The molecule has 1 fully saturated rings. The van der Waals surface area contributed by atoms with E-state index in [1.54, 1.807) is 0 Å². The number of hydrogen-bond donors (Lipinski definition) is 0. The Kier molecular flexibility index (Phi) is 2.43. The van der Waals surface area contributed by atoms with E-state index in [0.717, 1.165) is 5.92 Å². The fourth-order valence-corrected chi connectivity index (χ4v) is 2.44. The maximum absolute atomic E-state index is 2.47. The molecule has 1 heterocycles. The van der Waals surface area contributed by atoms with Gasteiger partial charge in [-0.2, -0.15) is 0 Å². The van der Waals surface area contributed by atoms with Gasteiger partial charge >= 0.3 is 0 Å². The van der Waals surface area contributed by atoms with E-state index >= 15 is 0 Å². The molecule has 2 rings (SSSR count). The van der Waals surface area contributed by atoms with Crippen LogP contribution in [0.4, 0.5) is 0 Å². The summed E-state index contributed by atoms with van der Waals surface area (Å²) in [7, 11) is 0. The molecule has 0 aliphatic heterocycles. The number of hydrogen-bond acceptors (Lipinski definition) is 0. The van der Waals surface area contributed by atoms with Crippen LogP contribution in [0, 0.1) is 19.8 Å². The third-order valence-electron chi connectivity index (χ3n) is 3.33. The highest BCUT2D eigenvalue weighted by Crippen LogP contribution is 2.27. The Hall–Kier alpha value is -0.720. The first-order valence-electron chi connectivity index (χ1n) is 5.40. The van der Waals surface area contributed by atoms with Gasteiger partial charge in [-0.1, -0.05) is 12.8 Å². The Bertz CT molecular complexity index is 260. The van der Waals surface area contributed by atoms with Crippen LogP contribution < -0.4 is 0 Å². The summed E-state index contributed by atoms with van der Waals surface area (Å²) in [6, 6.07) is 4.45. The van der Waals surface area contributed by atoms with Crippen molar-refractivity contribution in [2.24, 2.45) is 5.92 Å². The molecule has 0 radical (unpaired) electrons. The van der Waals surface area contributed by atoms with Crippen LogP contribution in [0.3, 0.4) is 0 Å². The molecule has 1 aliphatic carbocycles. The van der Waals surface area contributed by atoms with Crippen molar-refractivity contribution in [1.29, 1.82) is 0 Å². The number of rotatable bonds is 2. The van der Waals surface area contributed by atoms with Crippen LogP contribution in [0.15, 0.2) is 12.1 Å². The minimum atomic E-state index is 0.949. The summed E-state index contributed by atoms with van der Waals surface area (Å²) in [5.74, 6) is 0.949. The molecule has 0 saturated heterocycles. The molecular formula is C12H19N. The molecule has 1 aromatic heterocycles. The molecule has 13 heavy (non-hydrogen) atoms. The highest BCUT2D eigenvalue weighted by atomic mass is 15.0. The molecule has 0 atom stereocenters. The molecule has 1 aliphatic rings. The van der Waals surface area contributed by atoms with Crippen LogP contribution in [-0.4, -0.2) is 4.57 Å². The van der Waals surface area contributed by atoms with E-state index in [4.69, 9.17) is 0 Å². The quantitative estimate of drug-likeness (QED) is 0.653. The fraction of sp³-hybridized carbons (Fsp3) is 0.667. The van der Waals surface area contributed by atoms with E-state index in [9.17, 15) is 0 Å². The molecule has 1 aromatic rings. The van der Waals surface area contributed by atoms with Crippen molar-refractivity contribution < 1.29 is 0 Å². The molecule has 72 valence electrons. The Morgan fingerprint density at radius 3 is 2.23 bits per heavy atom. The van der Waals surface area contributed by atoms with Crippen LogP contribution in [0.1, 0.15) is 37.1 Å². The molecule has 0 bridgehead atoms. The van der Waals surface area contributed by atoms with E-state index in [1.807, 2.05) is 0 Å². The molecule has 1 saturated carbocycles. The van der Waals surface area contributed by atoms with Gasteiger partial charge < -0.3 is 4.57 Å². The lowest BCUT2D eigenvalue weighted by Crippen LogP contribution is -2.09. The van der Waals surface area contributed by atoms with Gasteiger partial charge in [-0.3, -0.25) is 0 Å². The van der Waals surface area contributed by atoms with Gasteiger partial charge in [-0.05, 0) is 44.7 Å². The zero-order chi connectivity index (χ0) is 9.26. The summed E-state index contributed by atoms with van der Waals surface area (Å²) in [5.41, 5.74) is 2.84. The maximum Gasteiger partial charge on any atom is 0.0252 e. The second-order valence-corrected chi connectivity index (χ2v) is 4.38. The van der Waals surface area contributed by atoms with Crippen molar-refractivity contribution in [3.8, 4) is 0 Å². The van der Waals surface area contributed by atoms with Crippen LogP contribution in [-0.2, 0) is 6.54 Å². The SMILES string of the molecule is Cc1ccc(C)n1CC1CCCC1. The predicted octanol–water partition coefficient (Wildman–Crippen LogP) is 3.30. The molecule has 1 nitrogen and oxygen atoms in total. The van der Waals surface area contributed by atoms with E-state index in [2.05, 4.69) is 30.5 Å². The third-order valence-corrected chi connectivity index (χ3v) is 3.33. The molecule has 0 amide bonds. The highest BCUT2D eigenvalue weighted by Gasteiger charge is 2.16. The Morgan fingerprint density at radius 2 is 1.69 bits per heavy atom. The van der Waals surface area contributed by atoms with Gasteiger partial charge in [0.15, 0.2) is 0 Å². The average Bonchev–Trinajstić information content (AvgIpc) is 2.70. The van der Waals surface area contributed by atoms with Gasteiger partial charge in [0.25, 0.3) is 0 Å². The molecule has 0 spiro atoms. The predicted molar refractivity (Wildman–Crippen MR) is 55.9 cm³/mol. The van der Waals surface area contributed by atoms with Crippen molar-refractivity contribution >= 4 is 0 Å². The summed E-state index contributed by atoms with van der Waals surface area (Å²) in [4.78, 5) is 0. The van der Waals surface area contributed by atoms with Gasteiger partial charge in [-0.15, -0.1) is 0 Å². The van der Waals surface area contributed by atoms with Gasteiger partial charge in [-0.25, -0.2) is 0 Å². The van der Waals surface area contributed by atoms with E-state index in [-0.39, 0.29) is 0 Å².